The first-order valence-corrected chi connectivity index (χ1v) is 5.49. The third-order valence-electron chi connectivity index (χ3n) is 2.34. The van der Waals surface area contributed by atoms with Crippen molar-refractivity contribution in [3.63, 3.8) is 0 Å². The number of carboxylic acid groups (broad SMARTS) is 1. The summed E-state index contributed by atoms with van der Waals surface area (Å²) in [6, 6.07) is 4.85. The predicted molar refractivity (Wildman–Crippen MR) is 64.6 cm³/mol. The van der Waals surface area contributed by atoms with Crippen molar-refractivity contribution in [2.45, 2.75) is 32.6 Å². The Balaban J connectivity index is 2.87. The van der Waals surface area contributed by atoms with Gasteiger partial charge in [0.2, 0.25) is 0 Å². The molecule has 0 heterocycles. The second-order valence-corrected chi connectivity index (χ2v) is 4.92. The molecule has 0 aliphatic carbocycles. The number of phenols is 1. The Bertz CT molecular complexity index is 404. The highest BCUT2D eigenvalue weighted by atomic mass is 16.5. The van der Waals surface area contributed by atoms with E-state index in [1.165, 1.54) is 6.07 Å². The van der Waals surface area contributed by atoms with Crippen LogP contribution < -0.4 is 4.74 Å². The first kappa shape index (κ1) is 13.4. The molecule has 2 N–H and O–H groups in total. The molecular formula is C13H18O4. The molecule has 4 nitrogen and oxygen atoms in total. The first-order chi connectivity index (χ1) is 7.80. The SMILES string of the molecule is CC(C)(C)c1cc(O)ccc1OCCC(=O)O. The van der Waals surface area contributed by atoms with Crippen molar-refractivity contribution in [1.82, 2.24) is 0 Å². The zero-order valence-corrected chi connectivity index (χ0v) is 10.4. The Labute approximate surface area is 101 Å². The molecule has 0 atom stereocenters. The van der Waals surface area contributed by atoms with Crippen LogP contribution in [0.1, 0.15) is 32.8 Å². The monoisotopic (exact) mass is 238 g/mol. The minimum Gasteiger partial charge on any atom is -0.508 e. The summed E-state index contributed by atoms with van der Waals surface area (Å²) in [6.07, 6.45) is -0.0372. The van der Waals surface area contributed by atoms with Crippen LogP contribution in [0.5, 0.6) is 11.5 Å². The Morgan fingerprint density at radius 3 is 2.53 bits per heavy atom. The van der Waals surface area contributed by atoms with E-state index in [1.807, 2.05) is 20.8 Å². The minimum absolute atomic E-state index is 0.0372. The number of carboxylic acids is 1. The molecule has 0 amide bonds. The topological polar surface area (TPSA) is 66.8 Å². The van der Waals surface area contributed by atoms with E-state index in [1.54, 1.807) is 12.1 Å². The van der Waals surface area contributed by atoms with Crippen molar-refractivity contribution in [2.75, 3.05) is 6.61 Å². The van der Waals surface area contributed by atoms with Gasteiger partial charge in [0.1, 0.15) is 11.5 Å². The molecule has 0 bridgehead atoms. The lowest BCUT2D eigenvalue weighted by molar-refractivity contribution is -0.137. The molecule has 0 aromatic heterocycles. The summed E-state index contributed by atoms with van der Waals surface area (Å²) in [5, 5.41) is 18.0. The summed E-state index contributed by atoms with van der Waals surface area (Å²) in [4.78, 5) is 10.4. The molecule has 0 fully saturated rings. The van der Waals surface area contributed by atoms with Crippen LogP contribution in [0.2, 0.25) is 0 Å². The van der Waals surface area contributed by atoms with Crippen LogP contribution in [0, 0.1) is 0 Å². The second-order valence-electron chi connectivity index (χ2n) is 4.92. The van der Waals surface area contributed by atoms with E-state index >= 15 is 0 Å². The van der Waals surface area contributed by atoms with Gasteiger partial charge in [-0.2, -0.15) is 0 Å². The van der Waals surface area contributed by atoms with Gasteiger partial charge in [0, 0.05) is 5.56 Å². The van der Waals surface area contributed by atoms with Crippen molar-refractivity contribution in [2.24, 2.45) is 0 Å². The van der Waals surface area contributed by atoms with Crippen LogP contribution in [0.3, 0.4) is 0 Å². The Morgan fingerprint density at radius 2 is 2.00 bits per heavy atom. The number of phenolic OH excluding ortho intramolecular Hbond substituents is 1. The van der Waals surface area contributed by atoms with E-state index in [0.717, 1.165) is 5.56 Å². The fourth-order valence-electron chi connectivity index (χ4n) is 1.48. The quantitative estimate of drug-likeness (QED) is 0.846. The van der Waals surface area contributed by atoms with Gasteiger partial charge in [-0.25, -0.2) is 0 Å². The number of ether oxygens (including phenoxy) is 1. The van der Waals surface area contributed by atoms with Crippen molar-refractivity contribution in [3.8, 4) is 11.5 Å². The lowest BCUT2D eigenvalue weighted by atomic mass is 9.86. The van der Waals surface area contributed by atoms with Crippen molar-refractivity contribution >= 4 is 5.97 Å². The molecule has 0 saturated carbocycles. The van der Waals surface area contributed by atoms with E-state index in [4.69, 9.17) is 9.84 Å². The minimum atomic E-state index is -0.888. The van der Waals surface area contributed by atoms with E-state index in [0.29, 0.717) is 5.75 Å². The van der Waals surface area contributed by atoms with Crippen molar-refractivity contribution < 1.29 is 19.7 Å². The molecule has 0 aliphatic heterocycles. The maximum Gasteiger partial charge on any atom is 0.306 e. The molecule has 1 aromatic rings. The Hall–Kier alpha value is -1.71. The number of rotatable bonds is 4. The zero-order chi connectivity index (χ0) is 13.1. The summed E-state index contributed by atoms with van der Waals surface area (Å²) in [5.74, 6) is -0.0850. The molecule has 94 valence electrons. The van der Waals surface area contributed by atoms with Gasteiger partial charge in [0.25, 0.3) is 0 Å². The summed E-state index contributed by atoms with van der Waals surface area (Å²) in [7, 11) is 0. The average Bonchev–Trinajstić information content (AvgIpc) is 2.18. The molecular weight excluding hydrogens is 220 g/mol. The second kappa shape index (κ2) is 5.08. The van der Waals surface area contributed by atoms with Gasteiger partial charge in [-0.05, 0) is 23.6 Å². The zero-order valence-electron chi connectivity index (χ0n) is 10.4. The summed E-state index contributed by atoms with van der Waals surface area (Å²) >= 11 is 0. The third-order valence-corrected chi connectivity index (χ3v) is 2.34. The van der Waals surface area contributed by atoms with Crippen LogP contribution in [-0.2, 0) is 10.2 Å². The molecule has 0 aliphatic rings. The van der Waals surface area contributed by atoms with E-state index < -0.39 is 5.97 Å². The molecule has 0 unspecified atom stereocenters. The Kier molecular flexibility index (Phi) is 3.99. The molecule has 17 heavy (non-hydrogen) atoms. The maximum atomic E-state index is 10.4. The molecule has 0 radical (unpaired) electrons. The number of benzene rings is 1. The van der Waals surface area contributed by atoms with Gasteiger partial charge in [0.05, 0.1) is 13.0 Å². The highest BCUT2D eigenvalue weighted by Crippen LogP contribution is 2.33. The number of hydrogen-bond acceptors (Lipinski definition) is 3. The average molecular weight is 238 g/mol. The number of aromatic hydroxyl groups is 1. The predicted octanol–water partition coefficient (Wildman–Crippen LogP) is 2.54. The number of aliphatic carboxylic acids is 1. The van der Waals surface area contributed by atoms with Gasteiger partial charge in [0.15, 0.2) is 0 Å². The van der Waals surface area contributed by atoms with E-state index in [2.05, 4.69) is 0 Å². The van der Waals surface area contributed by atoms with Crippen LogP contribution in [0.25, 0.3) is 0 Å². The first-order valence-electron chi connectivity index (χ1n) is 5.49. The van der Waals surface area contributed by atoms with E-state index in [-0.39, 0.29) is 24.2 Å². The van der Waals surface area contributed by atoms with Gasteiger partial charge in [-0.15, -0.1) is 0 Å². The lowest BCUT2D eigenvalue weighted by Crippen LogP contribution is -2.14. The molecule has 1 rings (SSSR count). The van der Waals surface area contributed by atoms with Gasteiger partial charge in [-0.1, -0.05) is 20.8 Å². The normalized spacial score (nSPS) is 11.2. The molecule has 1 aromatic carbocycles. The largest absolute Gasteiger partial charge is 0.508 e. The molecule has 0 saturated heterocycles. The maximum absolute atomic E-state index is 10.4. The molecule has 4 heteroatoms. The smallest absolute Gasteiger partial charge is 0.306 e. The fraction of sp³-hybridized carbons (Fsp3) is 0.462. The Morgan fingerprint density at radius 1 is 1.35 bits per heavy atom. The standard InChI is InChI=1S/C13H18O4/c1-13(2,3)10-8-9(14)4-5-11(10)17-7-6-12(15)16/h4-5,8,14H,6-7H2,1-3H3,(H,15,16). The number of carbonyl (C=O) groups is 1. The van der Waals surface area contributed by atoms with Crippen LogP contribution in [-0.4, -0.2) is 22.8 Å². The highest BCUT2D eigenvalue weighted by Gasteiger charge is 2.19. The summed E-state index contributed by atoms with van der Waals surface area (Å²) in [6.45, 7) is 6.15. The van der Waals surface area contributed by atoms with Crippen molar-refractivity contribution in [1.29, 1.82) is 0 Å². The third kappa shape index (κ3) is 3.98. The van der Waals surface area contributed by atoms with Crippen molar-refractivity contribution in [3.05, 3.63) is 23.8 Å². The number of hydrogen-bond donors (Lipinski definition) is 2. The van der Waals surface area contributed by atoms with Gasteiger partial charge >= 0.3 is 5.97 Å². The fourth-order valence-corrected chi connectivity index (χ4v) is 1.48. The van der Waals surface area contributed by atoms with E-state index in [9.17, 15) is 9.90 Å². The van der Waals surface area contributed by atoms with Crippen LogP contribution in [0.4, 0.5) is 0 Å². The van der Waals surface area contributed by atoms with Crippen LogP contribution in [0.15, 0.2) is 18.2 Å². The van der Waals surface area contributed by atoms with Gasteiger partial charge in [-0.3, -0.25) is 4.79 Å². The molecule has 0 spiro atoms. The lowest BCUT2D eigenvalue weighted by Gasteiger charge is -2.22. The summed E-state index contributed by atoms with van der Waals surface area (Å²) < 4.78 is 5.44. The summed E-state index contributed by atoms with van der Waals surface area (Å²) in [5.41, 5.74) is 0.694. The van der Waals surface area contributed by atoms with Crippen LogP contribution >= 0.6 is 0 Å². The highest BCUT2D eigenvalue weighted by molar-refractivity contribution is 5.66. The van der Waals surface area contributed by atoms with Gasteiger partial charge < -0.3 is 14.9 Å².